The van der Waals surface area contributed by atoms with Crippen molar-refractivity contribution in [2.24, 2.45) is 17.3 Å². The van der Waals surface area contributed by atoms with Gasteiger partial charge in [-0.15, -0.1) is 13.2 Å². The summed E-state index contributed by atoms with van der Waals surface area (Å²) in [4.78, 5) is 0. The second-order valence-corrected chi connectivity index (χ2v) is 13.4. The first-order valence-electron chi connectivity index (χ1n) is 19.2. The van der Waals surface area contributed by atoms with Crippen LogP contribution in [-0.2, 0) is 0 Å². The lowest BCUT2D eigenvalue weighted by atomic mass is 9.84. The smallest absolute Gasteiger partial charge is 0 e. The molecule has 314 valence electrons. The molecule has 1 aliphatic rings. The third-order valence-electron chi connectivity index (χ3n) is 6.43. The summed E-state index contributed by atoms with van der Waals surface area (Å²) < 4.78 is 0. The van der Waals surface area contributed by atoms with Gasteiger partial charge in [0.2, 0.25) is 0 Å². The topological polar surface area (TPSA) is 0 Å². The van der Waals surface area contributed by atoms with Gasteiger partial charge in [-0.2, -0.15) is 0 Å². The summed E-state index contributed by atoms with van der Waals surface area (Å²) in [6.07, 6.45) is 5.89. The third-order valence-corrected chi connectivity index (χ3v) is 6.43. The fourth-order valence-corrected chi connectivity index (χ4v) is 3.37. The monoisotopic (exact) mass is 731 g/mol. The summed E-state index contributed by atoms with van der Waals surface area (Å²) in [7, 11) is 0. The molecule has 0 unspecified atom stereocenters. The van der Waals surface area contributed by atoms with E-state index >= 15 is 0 Å². The molecule has 1 saturated carbocycles. The Morgan fingerprint density at radius 3 is 0.962 bits per heavy atom. The van der Waals surface area contributed by atoms with Gasteiger partial charge in [0.1, 0.15) is 0 Å². The quantitative estimate of drug-likeness (QED) is 0.202. The number of aryl methyl sites for hydroxylation is 3. The van der Waals surface area contributed by atoms with Crippen molar-refractivity contribution in [3.63, 3.8) is 0 Å². The predicted octanol–water partition coefficient (Wildman–Crippen LogP) is 20.4. The van der Waals surface area contributed by atoms with E-state index in [9.17, 15) is 0 Å². The van der Waals surface area contributed by atoms with Crippen molar-refractivity contribution in [1.29, 1.82) is 0 Å². The number of hydrogen-bond acceptors (Lipinski definition) is 0. The van der Waals surface area contributed by atoms with Gasteiger partial charge < -0.3 is 0 Å². The molecule has 0 amide bonds. The van der Waals surface area contributed by atoms with Crippen molar-refractivity contribution in [2.75, 3.05) is 0 Å². The standard InChI is InChI=1S/C11H10.C8H16.C8H10.C6H12.C5H12.4C2H6.C2H4.4CH4.H2/c1-9-6-7-10-4-2-3-5-11(10)8-9;2*1-7-3-5-8(2)6-4-7;1-5(2)6(3)4;1-5(2,3)4;5*1-2;;;;;/h2-8H,1H3;7-8H,3-6H2,1-2H3;3-6H,1-2H3;1-4H3;1-4H3;4*1-2H3;1-2H2;4*1H4;1H. The average molecular weight is 731 g/mol. The molecule has 1 aliphatic carbocycles. The summed E-state index contributed by atoms with van der Waals surface area (Å²) >= 11 is 0. The molecule has 3 aromatic rings. The molecule has 4 rings (SSSR count). The third kappa shape index (κ3) is 59.5. The number of fused-ring (bicyclic) bond motifs is 1. The SMILES string of the molecule is C.C.C.C.C=C.CC.CC.CC.CC.CC(C)(C)C.CC(C)=C(C)C.CC1CCC(C)CC1.Cc1ccc(C)cc1.Cc1ccc2ccccc2c1.[HH]. The number of rotatable bonds is 0. The fourth-order valence-electron chi connectivity index (χ4n) is 3.37. The van der Waals surface area contributed by atoms with Crippen LogP contribution in [0.25, 0.3) is 10.8 Å². The normalized spacial score (nSPS) is 12.3. The molecular weight excluding hydrogens is 625 g/mol. The molecule has 0 heterocycles. The summed E-state index contributed by atoms with van der Waals surface area (Å²) in [6, 6.07) is 23.4. The van der Waals surface area contributed by atoms with Crippen molar-refractivity contribution < 1.29 is 1.43 Å². The highest BCUT2D eigenvalue weighted by molar-refractivity contribution is 5.82. The van der Waals surface area contributed by atoms with Crippen LogP contribution in [0.15, 0.2) is 91.0 Å². The highest BCUT2D eigenvalue weighted by Crippen LogP contribution is 2.27. The van der Waals surface area contributed by atoms with E-state index in [1.54, 1.807) is 0 Å². The second-order valence-electron chi connectivity index (χ2n) is 13.4. The van der Waals surface area contributed by atoms with Gasteiger partial charge in [0.15, 0.2) is 0 Å². The largest absolute Gasteiger partial charge is 0.106 e. The molecule has 0 aromatic heterocycles. The lowest BCUT2D eigenvalue weighted by Gasteiger charge is -2.22. The molecular formula is C52H106. The van der Waals surface area contributed by atoms with Crippen molar-refractivity contribution in [2.45, 2.75) is 201 Å². The Morgan fingerprint density at radius 2 is 0.712 bits per heavy atom. The minimum absolute atomic E-state index is 0. The summed E-state index contributed by atoms with van der Waals surface area (Å²) in [5, 5.41) is 2.64. The summed E-state index contributed by atoms with van der Waals surface area (Å²) in [6.45, 7) is 50.3. The molecule has 0 saturated heterocycles. The van der Waals surface area contributed by atoms with E-state index < -0.39 is 0 Å². The van der Waals surface area contributed by atoms with Crippen LogP contribution in [-0.4, -0.2) is 0 Å². The van der Waals surface area contributed by atoms with E-state index in [1.165, 1.54) is 64.3 Å². The van der Waals surface area contributed by atoms with Gasteiger partial charge in [-0.1, -0.05) is 247 Å². The van der Waals surface area contributed by atoms with Crippen LogP contribution >= 0.6 is 0 Å². The van der Waals surface area contributed by atoms with Crippen molar-refractivity contribution in [3.05, 3.63) is 108 Å². The minimum Gasteiger partial charge on any atom is -0.106 e. The van der Waals surface area contributed by atoms with Crippen LogP contribution in [0.3, 0.4) is 0 Å². The second kappa shape index (κ2) is 52.8. The molecule has 0 spiro atoms. The molecule has 0 N–H and O–H groups in total. The van der Waals surface area contributed by atoms with Crippen LogP contribution in [0.2, 0.25) is 0 Å². The molecule has 0 bridgehead atoms. The van der Waals surface area contributed by atoms with E-state index in [-0.39, 0.29) is 31.1 Å². The van der Waals surface area contributed by atoms with Crippen LogP contribution < -0.4 is 0 Å². The predicted molar refractivity (Wildman–Crippen MR) is 262 cm³/mol. The van der Waals surface area contributed by atoms with E-state index in [2.05, 4.69) is 170 Å². The highest BCUT2D eigenvalue weighted by Gasteiger charge is 2.13. The summed E-state index contributed by atoms with van der Waals surface area (Å²) in [5.74, 6) is 2.04. The van der Waals surface area contributed by atoms with E-state index in [1.807, 2.05) is 55.4 Å². The number of benzene rings is 3. The summed E-state index contributed by atoms with van der Waals surface area (Å²) in [5.41, 5.74) is 7.33. The zero-order valence-corrected chi connectivity index (χ0v) is 36.7. The maximum absolute atomic E-state index is 3.00. The molecule has 0 radical (unpaired) electrons. The first kappa shape index (κ1) is 74.5. The molecule has 0 aliphatic heterocycles. The minimum atomic E-state index is 0. The maximum atomic E-state index is 3.00. The Balaban J connectivity index is -0.0000000434. The Morgan fingerprint density at radius 1 is 0.481 bits per heavy atom. The lowest BCUT2D eigenvalue weighted by Crippen LogP contribution is -2.08. The number of hydrogen-bond donors (Lipinski definition) is 0. The molecule has 1 fully saturated rings. The van der Waals surface area contributed by atoms with E-state index in [0.29, 0.717) is 5.41 Å². The van der Waals surface area contributed by atoms with Crippen LogP contribution in [0.5, 0.6) is 0 Å². The molecule has 52 heavy (non-hydrogen) atoms. The van der Waals surface area contributed by atoms with Gasteiger partial charge in [-0.05, 0) is 76.5 Å². The van der Waals surface area contributed by atoms with E-state index in [0.717, 1.165) is 11.8 Å². The average Bonchev–Trinajstić information content (AvgIpc) is 3.08. The van der Waals surface area contributed by atoms with Gasteiger partial charge in [-0.25, -0.2) is 0 Å². The lowest BCUT2D eigenvalue weighted by molar-refractivity contribution is 0.308. The van der Waals surface area contributed by atoms with Gasteiger partial charge in [0.25, 0.3) is 0 Å². The van der Waals surface area contributed by atoms with Crippen LogP contribution in [0.4, 0.5) is 0 Å². The zero-order valence-electron chi connectivity index (χ0n) is 36.7. The van der Waals surface area contributed by atoms with Gasteiger partial charge in [0, 0.05) is 1.43 Å². The maximum Gasteiger partial charge on any atom is 0 e. The molecule has 0 heteroatoms. The Labute approximate surface area is 336 Å². The van der Waals surface area contributed by atoms with Gasteiger partial charge >= 0.3 is 0 Å². The first-order valence-corrected chi connectivity index (χ1v) is 19.2. The fraction of sp³-hybridized carbons (Fsp3) is 0.615. The first-order chi connectivity index (χ1) is 22.6. The van der Waals surface area contributed by atoms with Crippen molar-refractivity contribution >= 4 is 10.8 Å². The molecule has 3 aromatic carbocycles. The Hall–Kier alpha value is -2.60. The Bertz CT molecular complexity index is 1000. The highest BCUT2D eigenvalue weighted by atomic mass is 14.2. The zero-order chi connectivity index (χ0) is 39.3. The van der Waals surface area contributed by atoms with Gasteiger partial charge in [-0.3, -0.25) is 0 Å². The van der Waals surface area contributed by atoms with E-state index in [4.69, 9.17) is 0 Å². The van der Waals surface area contributed by atoms with Crippen molar-refractivity contribution in [1.82, 2.24) is 0 Å². The van der Waals surface area contributed by atoms with Crippen molar-refractivity contribution in [3.8, 4) is 0 Å². The molecule has 0 nitrogen and oxygen atoms in total. The van der Waals surface area contributed by atoms with Crippen LogP contribution in [0, 0.1) is 38.0 Å². The van der Waals surface area contributed by atoms with Gasteiger partial charge in [0.05, 0.1) is 0 Å². The number of allylic oxidation sites excluding steroid dienone is 2. The molecule has 0 atom stereocenters. The Kier molecular flexibility index (Phi) is 75.6. The van der Waals surface area contributed by atoms with Crippen LogP contribution in [0.1, 0.15) is 198 Å².